The van der Waals surface area contributed by atoms with E-state index in [2.05, 4.69) is 10.2 Å². The highest BCUT2D eigenvalue weighted by molar-refractivity contribution is 5.86. The summed E-state index contributed by atoms with van der Waals surface area (Å²) in [6.45, 7) is 0. The lowest BCUT2D eigenvalue weighted by molar-refractivity contribution is 1.01. The number of benzene rings is 1. The Balaban J connectivity index is 0. The summed E-state index contributed by atoms with van der Waals surface area (Å²) >= 11 is 0. The highest BCUT2D eigenvalue weighted by atomic mass is 35.5. The van der Waals surface area contributed by atoms with Gasteiger partial charge in [0.15, 0.2) is 0 Å². The number of nitrogens with zero attached hydrogens (tertiary/aromatic N) is 1. The molecule has 0 spiro atoms. The van der Waals surface area contributed by atoms with E-state index in [1.165, 1.54) is 0 Å². The summed E-state index contributed by atoms with van der Waals surface area (Å²) in [6.07, 6.45) is 1.64. The van der Waals surface area contributed by atoms with Crippen LogP contribution in [-0.4, -0.2) is 10.2 Å². The number of fused-ring (bicyclic) bond motifs is 1. The van der Waals surface area contributed by atoms with Crippen LogP contribution in [0.15, 0.2) is 35.3 Å². The zero-order chi connectivity index (χ0) is 7.68. The van der Waals surface area contributed by atoms with Crippen LogP contribution in [0.25, 0.3) is 10.8 Å². The fraction of sp³-hybridized carbons (Fsp3) is 0. The molecular formula is C8H9Cl3N2O. The van der Waals surface area contributed by atoms with Crippen LogP contribution in [0.3, 0.4) is 0 Å². The fourth-order valence-corrected chi connectivity index (χ4v) is 1.04. The van der Waals surface area contributed by atoms with Crippen LogP contribution < -0.4 is 5.56 Å². The number of hydrogen-bond acceptors (Lipinski definition) is 2. The van der Waals surface area contributed by atoms with Gasteiger partial charge in [-0.2, -0.15) is 5.10 Å². The lowest BCUT2D eigenvalue weighted by Gasteiger charge is -1.91. The molecule has 1 N–H and O–H groups in total. The van der Waals surface area contributed by atoms with Crippen molar-refractivity contribution < 1.29 is 0 Å². The normalized spacial score (nSPS) is 8.00. The van der Waals surface area contributed by atoms with Crippen LogP contribution in [0, 0.1) is 0 Å². The fourth-order valence-electron chi connectivity index (χ4n) is 1.04. The minimum absolute atomic E-state index is 0. The highest BCUT2D eigenvalue weighted by Crippen LogP contribution is 2.04. The molecule has 14 heavy (non-hydrogen) atoms. The SMILES string of the molecule is Cl.Cl.Cl.O=c1[nH]ncc2ccccc12. The van der Waals surface area contributed by atoms with Crippen LogP contribution in [0.4, 0.5) is 0 Å². The molecule has 1 heterocycles. The molecule has 0 bridgehead atoms. The Labute approximate surface area is 99.1 Å². The average Bonchev–Trinajstić information content (AvgIpc) is 2.06. The molecule has 0 atom stereocenters. The molecular weight excluding hydrogens is 246 g/mol. The van der Waals surface area contributed by atoms with E-state index in [-0.39, 0.29) is 42.8 Å². The number of rotatable bonds is 0. The molecule has 0 amide bonds. The van der Waals surface area contributed by atoms with Crippen LogP contribution >= 0.6 is 37.2 Å². The van der Waals surface area contributed by atoms with Gasteiger partial charge in [0.05, 0.1) is 6.20 Å². The second-order valence-corrected chi connectivity index (χ2v) is 2.29. The molecule has 0 aliphatic heterocycles. The predicted molar refractivity (Wildman–Crippen MR) is 64.1 cm³/mol. The van der Waals surface area contributed by atoms with Gasteiger partial charge in [0, 0.05) is 10.8 Å². The Hall–Kier alpha value is -0.770. The van der Waals surface area contributed by atoms with E-state index in [1.807, 2.05) is 18.2 Å². The van der Waals surface area contributed by atoms with Crippen molar-refractivity contribution in [3.8, 4) is 0 Å². The van der Waals surface area contributed by atoms with E-state index in [4.69, 9.17) is 0 Å². The molecule has 0 radical (unpaired) electrons. The van der Waals surface area contributed by atoms with Gasteiger partial charge in [0.2, 0.25) is 0 Å². The number of H-pyrrole nitrogens is 1. The second kappa shape index (κ2) is 6.65. The maximum absolute atomic E-state index is 11.1. The van der Waals surface area contributed by atoms with E-state index >= 15 is 0 Å². The molecule has 2 aromatic rings. The van der Waals surface area contributed by atoms with Gasteiger partial charge in [-0.1, -0.05) is 18.2 Å². The van der Waals surface area contributed by atoms with Crippen molar-refractivity contribution in [2.45, 2.75) is 0 Å². The Kier molecular flexibility index (Phi) is 7.45. The van der Waals surface area contributed by atoms with Crippen LogP contribution in [0.5, 0.6) is 0 Å². The van der Waals surface area contributed by atoms with Gasteiger partial charge in [-0.15, -0.1) is 37.2 Å². The lowest BCUT2D eigenvalue weighted by atomic mass is 10.2. The molecule has 1 aromatic carbocycles. The summed E-state index contributed by atoms with van der Waals surface area (Å²) < 4.78 is 0. The van der Waals surface area contributed by atoms with Crippen LogP contribution in [0.1, 0.15) is 0 Å². The smallest absolute Gasteiger partial charge is 0.267 e. The molecule has 0 aliphatic carbocycles. The van der Waals surface area contributed by atoms with E-state index in [0.717, 1.165) is 5.39 Å². The molecule has 2 rings (SSSR count). The molecule has 0 unspecified atom stereocenters. The molecule has 1 aromatic heterocycles. The summed E-state index contributed by atoms with van der Waals surface area (Å²) in [5, 5.41) is 7.60. The van der Waals surface area contributed by atoms with Gasteiger partial charge in [0.25, 0.3) is 5.56 Å². The third kappa shape index (κ3) is 2.87. The third-order valence-electron chi connectivity index (χ3n) is 1.58. The number of aromatic amines is 1. The first-order chi connectivity index (χ1) is 5.38. The second-order valence-electron chi connectivity index (χ2n) is 2.29. The standard InChI is InChI=1S/C8H6N2O.3ClH/c11-8-7-4-2-1-3-6(7)5-9-10-8;;;/h1-5H,(H,10,11);3*1H. The molecule has 0 aliphatic rings. The number of nitrogens with one attached hydrogen (secondary N) is 1. The van der Waals surface area contributed by atoms with E-state index in [0.29, 0.717) is 5.39 Å². The maximum atomic E-state index is 11.1. The van der Waals surface area contributed by atoms with Crippen molar-refractivity contribution in [1.82, 2.24) is 10.2 Å². The molecule has 0 saturated carbocycles. The minimum atomic E-state index is -0.136. The summed E-state index contributed by atoms with van der Waals surface area (Å²) in [4.78, 5) is 11.1. The van der Waals surface area contributed by atoms with Crippen molar-refractivity contribution in [2.75, 3.05) is 0 Å². The lowest BCUT2D eigenvalue weighted by Crippen LogP contribution is -2.06. The molecule has 78 valence electrons. The number of hydrogen-bond donors (Lipinski definition) is 1. The molecule has 0 saturated heterocycles. The largest absolute Gasteiger partial charge is 0.272 e. The van der Waals surface area contributed by atoms with Crippen molar-refractivity contribution in [3.05, 3.63) is 40.8 Å². The Morgan fingerprint density at radius 3 is 2.36 bits per heavy atom. The zero-order valence-corrected chi connectivity index (χ0v) is 9.42. The first kappa shape index (κ1) is 15.7. The Morgan fingerprint density at radius 2 is 1.71 bits per heavy atom. The molecule has 6 heteroatoms. The van der Waals surface area contributed by atoms with Gasteiger partial charge in [-0.25, -0.2) is 5.10 Å². The van der Waals surface area contributed by atoms with Crippen molar-refractivity contribution in [2.24, 2.45) is 0 Å². The third-order valence-corrected chi connectivity index (χ3v) is 1.58. The summed E-state index contributed by atoms with van der Waals surface area (Å²) in [5.74, 6) is 0. The van der Waals surface area contributed by atoms with Gasteiger partial charge < -0.3 is 0 Å². The monoisotopic (exact) mass is 254 g/mol. The Bertz CT molecular complexity index is 438. The topological polar surface area (TPSA) is 45.8 Å². The molecule has 3 nitrogen and oxygen atoms in total. The Morgan fingerprint density at radius 1 is 1.07 bits per heavy atom. The van der Waals surface area contributed by atoms with Gasteiger partial charge in [-0.3, -0.25) is 4.79 Å². The summed E-state index contributed by atoms with van der Waals surface area (Å²) in [7, 11) is 0. The zero-order valence-electron chi connectivity index (χ0n) is 6.97. The van der Waals surface area contributed by atoms with Crippen molar-refractivity contribution in [3.63, 3.8) is 0 Å². The van der Waals surface area contributed by atoms with Crippen molar-refractivity contribution in [1.29, 1.82) is 0 Å². The number of aromatic nitrogens is 2. The van der Waals surface area contributed by atoms with Gasteiger partial charge >= 0.3 is 0 Å². The van der Waals surface area contributed by atoms with Crippen LogP contribution in [-0.2, 0) is 0 Å². The van der Waals surface area contributed by atoms with E-state index < -0.39 is 0 Å². The first-order valence-electron chi connectivity index (χ1n) is 3.30. The van der Waals surface area contributed by atoms with Gasteiger partial charge in [-0.05, 0) is 6.07 Å². The van der Waals surface area contributed by atoms with Crippen LogP contribution in [0.2, 0.25) is 0 Å². The maximum Gasteiger partial charge on any atom is 0.272 e. The number of halogens is 3. The molecule has 0 fully saturated rings. The van der Waals surface area contributed by atoms with Gasteiger partial charge in [0.1, 0.15) is 0 Å². The van der Waals surface area contributed by atoms with Crippen molar-refractivity contribution >= 4 is 48.0 Å². The highest BCUT2D eigenvalue weighted by Gasteiger charge is 1.93. The summed E-state index contributed by atoms with van der Waals surface area (Å²) in [6, 6.07) is 7.34. The first-order valence-corrected chi connectivity index (χ1v) is 3.30. The average molecular weight is 256 g/mol. The van der Waals surface area contributed by atoms with E-state index in [1.54, 1.807) is 12.3 Å². The summed E-state index contributed by atoms with van der Waals surface area (Å²) in [5.41, 5.74) is -0.136. The van der Waals surface area contributed by atoms with E-state index in [9.17, 15) is 4.79 Å². The minimum Gasteiger partial charge on any atom is -0.267 e. The predicted octanol–water partition coefficient (Wildman–Crippen LogP) is 2.19. The quantitative estimate of drug-likeness (QED) is 0.784.